The van der Waals surface area contributed by atoms with E-state index in [1.165, 1.54) is 30.3 Å². The summed E-state index contributed by atoms with van der Waals surface area (Å²) in [5.74, 6) is -0.319. The Labute approximate surface area is 141 Å². The first-order chi connectivity index (χ1) is 10.9. The standard InChI is InChI=1S/C17H10Cl2O4/c1-9-6-16(20)23-15-8-11(3-4-12(9)15)22-17(21)10-2-5-13(18)14(19)7-10/h2-8H,1H3. The van der Waals surface area contributed by atoms with Crippen molar-refractivity contribution in [2.75, 3.05) is 0 Å². The van der Waals surface area contributed by atoms with Gasteiger partial charge in [-0.15, -0.1) is 0 Å². The average Bonchev–Trinajstić information content (AvgIpc) is 2.49. The summed E-state index contributed by atoms with van der Waals surface area (Å²) in [6, 6.07) is 10.7. The molecule has 6 heteroatoms. The van der Waals surface area contributed by atoms with E-state index < -0.39 is 11.6 Å². The lowest BCUT2D eigenvalue weighted by Gasteiger charge is -2.07. The normalized spacial score (nSPS) is 10.7. The average molecular weight is 349 g/mol. The van der Waals surface area contributed by atoms with Crippen LogP contribution in [-0.4, -0.2) is 5.97 Å². The number of fused-ring (bicyclic) bond motifs is 1. The van der Waals surface area contributed by atoms with Gasteiger partial charge in [0.15, 0.2) is 0 Å². The third kappa shape index (κ3) is 3.23. The van der Waals surface area contributed by atoms with E-state index >= 15 is 0 Å². The van der Waals surface area contributed by atoms with Crippen LogP contribution in [0.4, 0.5) is 0 Å². The van der Waals surface area contributed by atoms with Crippen molar-refractivity contribution in [3.63, 3.8) is 0 Å². The molecule has 1 heterocycles. The van der Waals surface area contributed by atoms with Crippen LogP contribution in [0.1, 0.15) is 15.9 Å². The van der Waals surface area contributed by atoms with E-state index in [4.69, 9.17) is 32.4 Å². The number of carbonyl (C=O) groups is 1. The molecule has 0 unspecified atom stereocenters. The Morgan fingerprint density at radius 3 is 2.57 bits per heavy atom. The fraction of sp³-hybridized carbons (Fsp3) is 0.0588. The second kappa shape index (κ2) is 6.07. The van der Waals surface area contributed by atoms with Crippen LogP contribution in [0.3, 0.4) is 0 Å². The second-order valence-corrected chi connectivity index (χ2v) is 5.74. The van der Waals surface area contributed by atoms with E-state index in [2.05, 4.69) is 0 Å². The third-order valence-electron chi connectivity index (χ3n) is 3.29. The molecule has 0 amide bonds. The molecular formula is C17H10Cl2O4. The molecule has 0 spiro atoms. The fourth-order valence-electron chi connectivity index (χ4n) is 2.16. The first-order valence-corrected chi connectivity index (χ1v) is 7.41. The van der Waals surface area contributed by atoms with E-state index in [1.54, 1.807) is 19.1 Å². The highest BCUT2D eigenvalue weighted by molar-refractivity contribution is 6.42. The minimum atomic E-state index is -0.585. The minimum absolute atomic E-state index is 0.265. The number of ether oxygens (including phenoxy) is 1. The lowest BCUT2D eigenvalue weighted by Crippen LogP contribution is -2.08. The molecule has 0 atom stereocenters. The van der Waals surface area contributed by atoms with Crippen LogP contribution in [0.15, 0.2) is 51.7 Å². The zero-order valence-corrected chi connectivity index (χ0v) is 13.4. The molecule has 0 aliphatic heterocycles. The molecule has 116 valence electrons. The van der Waals surface area contributed by atoms with Gasteiger partial charge in [-0.1, -0.05) is 23.2 Å². The number of hydrogen-bond acceptors (Lipinski definition) is 4. The fourth-order valence-corrected chi connectivity index (χ4v) is 2.46. The SMILES string of the molecule is Cc1cc(=O)oc2cc(OC(=O)c3ccc(Cl)c(Cl)c3)ccc12. The molecule has 23 heavy (non-hydrogen) atoms. The Balaban J connectivity index is 1.93. The molecular weight excluding hydrogens is 339 g/mol. The summed E-state index contributed by atoms with van der Waals surface area (Å²) in [4.78, 5) is 23.6. The minimum Gasteiger partial charge on any atom is -0.423 e. The van der Waals surface area contributed by atoms with Gasteiger partial charge in [-0.25, -0.2) is 9.59 Å². The van der Waals surface area contributed by atoms with Crippen LogP contribution in [0, 0.1) is 6.92 Å². The maximum Gasteiger partial charge on any atom is 0.343 e. The van der Waals surface area contributed by atoms with E-state index in [0.717, 1.165) is 10.9 Å². The van der Waals surface area contributed by atoms with Crippen LogP contribution >= 0.6 is 23.2 Å². The zero-order chi connectivity index (χ0) is 16.6. The van der Waals surface area contributed by atoms with Crippen molar-refractivity contribution in [2.45, 2.75) is 6.92 Å². The van der Waals surface area contributed by atoms with Crippen molar-refractivity contribution in [3.8, 4) is 5.75 Å². The van der Waals surface area contributed by atoms with E-state index in [-0.39, 0.29) is 16.3 Å². The predicted molar refractivity (Wildman–Crippen MR) is 88.6 cm³/mol. The van der Waals surface area contributed by atoms with Crippen molar-refractivity contribution in [2.24, 2.45) is 0 Å². The summed E-state index contributed by atoms with van der Waals surface area (Å²) in [6.07, 6.45) is 0. The molecule has 3 rings (SSSR count). The third-order valence-corrected chi connectivity index (χ3v) is 4.03. The van der Waals surface area contributed by atoms with Crippen molar-refractivity contribution in [1.82, 2.24) is 0 Å². The van der Waals surface area contributed by atoms with E-state index in [1.807, 2.05) is 0 Å². The summed E-state index contributed by atoms with van der Waals surface area (Å²) in [5, 5.41) is 1.39. The Kier molecular flexibility index (Phi) is 4.11. The quantitative estimate of drug-likeness (QED) is 0.385. The van der Waals surface area contributed by atoms with Gasteiger partial charge in [-0.3, -0.25) is 0 Å². The zero-order valence-electron chi connectivity index (χ0n) is 11.9. The Morgan fingerprint density at radius 1 is 1.04 bits per heavy atom. The van der Waals surface area contributed by atoms with Crippen LogP contribution < -0.4 is 10.4 Å². The summed E-state index contributed by atoms with van der Waals surface area (Å²) in [7, 11) is 0. The van der Waals surface area contributed by atoms with Gasteiger partial charge in [0.05, 0.1) is 15.6 Å². The number of halogens is 2. The molecule has 4 nitrogen and oxygen atoms in total. The maximum absolute atomic E-state index is 12.1. The lowest BCUT2D eigenvalue weighted by atomic mass is 10.1. The predicted octanol–water partition coefficient (Wildman–Crippen LogP) is 4.63. The Hall–Kier alpha value is -2.30. The lowest BCUT2D eigenvalue weighted by molar-refractivity contribution is 0.0735. The van der Waals surface area contributed by atoms with Gasteiger partial charge in [0.1, 0.15) is 11.3 Å². The maximum atomic E-state index is 12.1. The first kappa shape index (κ1) is 15.6. The molecule has 0 saturated carbocycles. The van der Waals surface area contributed by atoms with Crippen LogP contribution in [0.5, 0.6) is 5.75 Å². The second-order valence-electron chi connectivity index (χ2n) is 4.92. The van der Waals surface area contributed by atoms with E-state index in [0.29, 0.717) is 10.6 Å². The van der Waals surface area contributed by atoms with Gasteiger partial charge in [0.25, 0.3) is 0 Å². The van der Waals surface area contributed by atoms with Gasteiger partial charge < -0.3 is 9.15 Å². The highest BCUT2D eigenvalue weighted by Crippen LogP contribution is 2.25. The molecule has 1 aromatic heterocycles. The largest absolute Gasteiger partial charge is 0.423 e. The number of hydrogen-bond donors (Lipinski definition) is 0. The summed E-state index contributed by atoms with van der Waals surface area (Å²) in [6.45, 7) is 1.81. The molecule has 0 N–H and O–H groups in total. The van der Waals surface area contributed by atoms with Crippen molar-refractivity contribution in [1.29, 1.82) is 0 Å². The summed E-state index contributed by atoms with van der Waals surface area (Å²) >= 11 is 11.7. The van der Waals surface area contributed by atoms with Crippen molar-refractivity contribution >= 4 is 40.1 Å². The molecule has 0 radical (unpaired) electrons. The Morgan fingerprint density at radius 2 is 1.83 bits per heavy atom. The smallest absolute Gasteiger partial charge is 0.343 e. The molecule has 2 aromatic carbocycles. The molecule has 0 saturated heterocycles. The summed E-state index contributed by atoms with van der Waals surface area (Å²) in [5.41, 5.74) is 0.959. The van der Waals surface area contributed by atoms with Gasteiger partial charge in [0.2, 0.25) is 0 Å². The summed E-state index contributed by atoms with van der Waals surface area (Å²) < 4.78 is 10.4. The van der Waals surface area contributed by atoms with Gasteiger partial charge in [-0.05, 0) is 42.8 Å². The Bertz CT molecular complexity index is 976. The number of esters is 1. The number of rotatable bonds is 2. The molecule has 0 aliphatic carbocycles. The van der Waals surface area contributed by atoms with Gasteiger partial charge in [-0.2, -0.15) is 0 Å². The van der Waals surface area contributed by atoms with Crippen LogP contribution in [0.2, 0.25) is 10.0 Å². The molecule has 0 bridgehead atoms. The van der Waals surface area contributed by atoms with E-state index in [9.17, 15) is 9.59 Å². The highest BCUT2D eigenvalue weighted by atomic mass is 35.5. The number of carbonyl (C=O) groups excluding carboxylic acids is 1. The van der Waals surface area contributed by atoms with Gasteiger partial charge >= 0.3 is 11.6 Å². The van der Waals surface area contributed by atoms with Crippen LogP contribution in [0.25, 0.3) is 11.0 Å². The number of aryl methyl sites for hydroxylation is 1. The van der Waals surface area contributed by atoms with Crippen molar-refractivity contribution < 1.29 is 13.9 Å². The van der Waals surface area contributed by atoms with Crippen LogP contribution in [-0.2, 0) is 0 Å². The topological polar surface area (TPSA) is 56.5 Å². The van der Waals surface area contributed by atoms with Gasteiger partial charge in [0, 0.05) is 17.5 Å². The van der Waals surface area contributed by atoms with Crippen molar-refractivity contribution in [3.05, 3.63) is 74.1 Å². The molecule has 0 aliphatic rings. The first-order valence-electron chi connectivity index (χ1n) is 6.66. The molecule has 3 aromatic rings. The highest BCUT2D eigenvalue weighted by Gasteiger charge is 2.12. The monoisotopic (exact) mass is 348 g/mol. The number of benzene rings is 2. The molecule has 0 fully saturated rings.